The van der Waals surface area contributed by atoms with E-state index in [9.17, 15) is 0 Å². The molecule has 0 aliphatic heterocycles. The van der Waals surface area contributed by atoms with Crippen LogP contribution in [0.1, 0.15) is 5.56 Å². The fourth-order valence-electron chi connectivity index (χ4n) is 1.42. The zero-order valence-corrected chi connectivity index (χ0v) is 11.0. The molecule has 5 heteroatoms. The second-order valence-electron chi connectivity index (χ2n) is 3.64. The Balaban J connectivity index is 2.39. The van der Waals surface area contributed by atoms with Gasteiger partial charge in [-0.3, -0.25) is 0 Å². The molecule has 0 fully saturated rings. The smallest absolute Gasteiger partial charge is 0.161 e. The number of benzene rings is 1. The molecule has 0 aliphatic carbocycles. The van der Waals surface area contributed by atoms with E-state index in [0.717, 1.165) is 5.56 Å². The lowest BCUT2D eigenvalue weighted by molar-refractivity contribution is 0.0540. The van der Waals surface area contributed by atoms with E-state index in [2.05, 4.69) is 0 Å². The summed E-state index contributed by atoms with van der Waals surface area (Å²) in [5.74, 6) is 1.39. The summed E-state index contributed by atoms with van der Waals surface area (Å²) in [6.07, 6.45) is 0. The van der Waals surface area contributed by atoms with E-state index < -0.39 is 0 Å². The largest absolute Gasteiger partial charge is 0.493 e. The molecule has 1 aromatic rings. The van der Waals surface area contributed by atoms with Crippen LogP contribution in [0, 0.1) is 0 Å². The van der Waals surface area contributed by atoms with Crippen molar-refractivity contribution in [2.24, 2.45) is 5.73 Å². The summed E-state index contributed by atoms with van der Waals surface area (Å²) in [6, 6.07) is 5.65. The standard InChI is InChI=1S/C13H21NO4/c1-15-5-6-17-7-8-18-13-9-11(10-14)3-4-12(13)16-2/h3-4,9H,5-8,10,14H2,1-2H3. The number of methoxy groups -OCH3 is 2. The molecular formula is C13H21NO4. The molecular weight excluding hydrogens is 234 g/mol. The van der Waals surface area contributed by atoms with Crippen molar-refractivity contribution in [2.75, 3.05) is 40.6 Å². The average molecular weight is 255 g/mol. The van der Waals surface area contributed by atoms with Crippen molar-refractivity contribution in [1.82, 2.24) is 0 Å². The average Bonchev–Trinajstić information content (AvgIpc) is 2.42. The third-order valence-electron chi connectivity index (χ3n) is 2.38. The van der Waals surface area contributed by atoms with Crippen LogP contribution in [0.25, 0.3) is 0 Å². The number of hydrogen-bond donors (Lipinski definition) is 1. The summed E-state index contributed by atoms with van der Waals surface area (Å²) in [5.41, 5.74) is 6.59. The van der Waals surface area contributed by atoms with Crippen LogP contribution in [-0.2, 0) is 16.0 Å². The van der Waals surface area contributed by atoms with Gasteiger partial charge in [-0.15, -0.1) is 0 Å². The first kappa shape index (κ1) is 14.8. The first-order chi connectivity index (χ1) is 8.81. The highest BCUT2D eigenvalue weighted by Gasteiger charge is 2.05. The van der Waals surface area contributed by atoms with Crippen molar-refractivity contribution in [3.05, 3.63) is 23.8 Å². The zero-order valence-electron chi connectivity index (χ0n) is 11.0. The van der Waals surface area contributed by atoms with Gasteiger partial charge in [-0.25, -0.2) is 0 Å². The van der Waals surface area contributed by atoms with Crippen molar-refractivity contribution in [3.63, 3.8) is 0 Å². The van der Waals surface area contributed by atoms with Crippen LogP contribution < -0.4 is 15.2 Å². The molecule has 0 radical (unpaired) electrons. The molecule has 0 bridgehead atoms. The van der Waals surface area contributed by atoms with Gasteiger partial charge in [0.1, 0.15) is 6.61 Å². The summed E-state index contributed by atoms with van der Waals surface area (Å²) in [6.45, 7) is 2.62. The Hall–Kier alpha value is -1.30. The summed E-state index contributed by atoms with van der Waals surface area (Å²) < 4.78 is 21.0. The molecule has 0 aromatic heterocycles. The monoisotopic (exact) mass is 255 g/mol. The molecule has 1 rings (SSSR count). The van der Waals surface area contributed by atoms with Crippen molar-refractivity contribution in [1.29, 1.82) is 0 Å². The highest BCUT2D eigenvalue weighted by molar-refractivity contribution is 5.42. The van der Waals surface area contributed by atoms with Gasteiger partial charge in [0.25, 0.3) is 0 Å². The van der Waals surface area contributed by atoms with E-state index in [1.54, 1.807) is 14.2 Å². The van der Waals surface area contributed by atoms with Gasteiger partial charge < -0.3 is 24.7 Å². The van der Waals surface area contributed by atoms with E-state index >= 15 is 0 Å². The fraction of sp³-hybridized carbons (Fsp3) is 0.538. The van der Waals surface area contributed by atoms with E-state index in [0.29, 0.717) is 44.5 Å². The van der Waals surface area contributed by atoms with Crippen LogP contribution >= 0.6 is 0 Å². The molecule has 2 N–H and O–H groups in total. The summed E-state index contributed by atoms with van der Waals surface area (Å²) in [4.78, 5) is 0. The Morgan fingerprint density at radius 2 is 1.78 bits per heavy atom. The highest BCUT2D eigenvalue weighted by Crippen LogP contribution is 2.27. The molecule has 0 unspecified atom stereocenters. The number of hydrogen-bond acceptors (Lipinski definition) is 5. The Kier molecular flexibility index (Phi) is 7.17. The van der Waals surface area contributed by atoms with Crippen molar-refractivity contribution < 1.29 is 18.9 Å². The Morgan fingerprint density at radius 3 is 2.44 bits per heavy atom. The topological polar surface area (TPSA) is 62.9 Å². The van der Waals surface area contributed by atoms with Crippen LogP contribution in [-0.4, -0.2) is 40.6 Å². The minimum atomic E-state index is 0.466. The summed E-state index contributed by atoms with van der Waals surface area (Å²) >= 11 is 0. The van der Waals surface area contributed by atoms with Gasteiger partial charge >= 0.3 is 0 Å². The van der Waals surface area contributed by atoms with Crippen molar-refractivity contribution in [3.8, 4) is 11.5 Å². The number of nitrogens with two attached hydrogens (primary N) is 1. The van der Waals surface area contributed by atoms with Crippen LogP contribution in [0.15, 0.2) is 18.2 Å². The lowest BCUT2D eigenvalue weighted by atomic mass is 10.2. The molecule has 1 aromatic carbocycles. The summed E-state index contributed by atoms with van der Waals surface area (Å²) in [5, 5.41) is 0. The number of rotatable bonds is 9. The molecule has 0 saturated heterocycles. The van der Waals surface area contributed by atoms with E-state index in [4.69, 9.17) is 24.7 Å². The fourth-order valence-corrected chi connectivity index (χ4v) is 1.42. The molecule has 0 saturated carbocycles. The molecule has 0 atom stereocenters. The molecule has 0 aliphatic rings. The van der Waals surface area contributed by atoms with E-state index in [-0.39, 0.29) is 0 Å². The van der Waals surface area contributed by atoms with Crippen LogP contribution in [0.4, 0.5) is 0 Å². The van der Waals surface area contributed by atoms with E-state index in [1.165, 1.54) is 0 Å². The van der Waals surface area contributed by atoms with Gasteiger partial charge in [-0.1, -0.05) is 6.07 Å². The van der Waals surface area contributed by atoms with Crippen molar-refractivity contribution >= 4 is 0 Å². The van der Waals surface area contributed by atoms with Crippen molar-refractivity contribution in [2.45, 2.75) is 6.54 Å². The van der Waals surface area contributed by atoms with Gasteiger partial charge in [0.05, 0.1) is 26.9 Å². The lowest BCUT2D eigenvalue weighted by Crippen LogP contribution is -2.10. The second-order valence-corrected chi connectivity index (χ2v) is 3.64. The van der Waals surface area contributed by atoms with E-state index in [1.807, 2.05) is 18.2 Å². The highest BCUT2D eigenvalue weighted by atomic mass is 16.5. The SMILES string of the molecule is COCCOCCOc1cc(CN)ccc1OC. The van der Waals surface area contributed by atoms with Gasteiger partial charge in [-0.2, -0.15) is 0 Å². The third kappa shape index (κ3) is 4.91. The predicted molar refractivity (Wildman–Crippen MR) is 69.1 cm³/mol. The van der Waals surface area contributed by atoms with Crippen LogP contribution in [0.3, 0.4) is 0 Å². The number of ether oxygens (including phenoxy) is 4. The van der Waals surface area contributed by atoms with Crippen LogP contribution in [0.2, 0.25) is 0 Å². The predicted octanol–water partition coefficient (Wildman–Crippen LogP) is 1.20. The Labute approximate surface area is 108 Å². The third-order valence-corrected chi connectivity index (χ3v) is 2.38. The maximum Gasteiger partial charge on any atom is 0.161 e. The quantitative estimate of drug-likeness (QED) is 0.672. The normalized spacial score (nSPS) is 10.4. The lowest BCUT2D eigenvalue weighted by Gasteiger charge is -2.12. The maximum atomic E-state index is 5.60. The summed E-state index contributed by atoms with van der Waals surface area (Å²) in [7, 11) is 3.25. The molecule has 102 valence electrons. The van der Waals surface area contributed by atoms with Gasteiger partial charge in [0.2, 0.25) is 0 Å². The minimum Gasteiger partial charge on any atom is -0.493 e. The molecule has 5 nitrogen and oxygen atoms in total. The first-order valence-electron chi connectivity index (χ1n) is 5.88. The molecule has 18 heavy (non-hydrogen) atoms. The van der Waals surface area contributed by atoms with Gasteiger partial charge in [-0.05, 0) is 17.7 Å². The second kappa shape index (κ2) is 8.74. The Morgan fingerprint density at radius 1 is 1.00 bits per heavy atom. The first-order valence-corrected chi connectivity index (χ1v) is 5.88. The zero-order chi connectivity index (χ0) is 13.2. The van der Waals surface area contributed by atoms with Crippen LogP contribution in [0.5, 0.6) is 11.5 Å². The van der Waals surface area contributed by atoms with Gasteiger partial charge in [0.15, 0.2) is 11.5 Å². The minimum absolute atomic E-state index is 0.466. The Bertz CT molecular complexity index is 344. The maximum absolute atomic E-state index is 5.60. The van der Waals surface area contributed by atoms with Gasteiger partial charge in [0, 0.05) is 13.7 Å². The molecule has 0 heterocycles. The molecule has 0 spiro atoms. The molecule has 0 amide bonds.